The lowest BCUT2D eigenvalue weighted by Crippen LogP contribution is -2.21. The van der Waals surface area contributed by atoms with Crippen LogP contribution in [0, 0.1) is 5.92 Å². The fraction of sp³-hybridized carbons (Fsp3) is 0.333. The van der Waals surface area contributed by atoms with Gasteiger partial charge in [-0.15, -0.1) is 0 Å². The van der Waals surface area contributed by atoms with Gasteiger partial charge in [0.1, 0.15) is 0 Å². The van der Waals surface area contributed by atoms with Crippen LogP contribution >= 0.6 is 0 Å². The average molecular weight is 179 g/mol. The molecule has 1 N–H and O–H groups in total. The quantitative estimate of drug-likeness (QED) is 0.686. The highest BCUT2D eigenvalue weighted by atomic mass is 16.6. The summed E-state index contributed by atoms with van der Waals surface area (Å²) >= 11 is 0. The standard InChI is InChI=1S/C9H9NO3/c11-9(12)4-6-2-1-3-8-7(6)5-10-13-8/h1-3,5,7-8H,4H2,(H,11,12). The molecular formula is C9H9NO3. The highest BCUT2D eigenvalue weighted by molar-refractivity contribution is 5.76. The summed E-state index contributed by atoms with van der Waals surface area (Å²) in [6, 6.07) is 0. The van der Waals surface area contributed by atoms with E-state index >= 15 is 0 Å². The summed E-state index contributed by atoms with van der Waals surface area (Å²) in [6.45, 7) is 0. The average Bonchev–Trinajstić information content (AvgIpc) is 2.51. The van der Waals surface area contributed by atoms with Crippen LogP contribution in [0.15, 0.2) is 29.0 Å². The molecule has 2 rings (SSSR count). The van der Waals surface area contributed by atoms with Crippen molar-refractivity contribution in [1.29, 1.82) is 0 Å². The summed E-state index contributed by atoms with van der Waals surface area (Å²) in [6.07, 6.45) is 7.12. The minimum absolute atomic E-state index is 0.0149. The second-order valence-electron chi connectivity index (χ2n) is 3.05. The summed E-state index contributed by atoms with van der Waals surface area (Å²) in [5, 5.41) is 12.3. The highest BCUT2D eigenvalue weighted by Gasteiger charge is 2.30. The summed E-state index contributed by atoms with van der Waals surface area (Å²) in [5.74, 6) is -0.804. The number of fused-ring (bicyclic) bond motifs is 1. The third-order valence-electron chi connectivity index (χ3n) is 2.15. The molecule has 4 nitrogen and oxygen atoms in total. The SMILES string of the molecule is O=C(O)CC1=CC=CC2ON=CC12. The Morgan fingerprint density at radius 2 is 2.54 bits per heavy atom. The number of allylic oxidation sites excluding steroid dienone is 2. The Kier molecular flexibility index (Phi) is 1.88. The van der Waals surface area contributed by atoms with Crippen molar-refractivity contribution in [3.8, 4) is 0 Å². The van der Waals surface area contributed by atoms with Gasteiger partial charge in [0.2, 0.25) is 0 Å². The first kappa shape index (κ1) is 8.04. The van der Waals surface area contributed by atoms with Crippen LogP contribution in [-0.2, 0) is 9.63 Å². The minimum Gasteiger partial charge on any atom is -0.481 e. The summed E-state index contributed by atoms with van der Waals surface area (Å²) in [4.78, 5) is 15.5. The van der Waals surface area contributed by atoms with Gasteiger partial charge >= 0.3 is 5.97 Å². The molecule has 2 unspecified atom stereocenters. The first-order chi connectivity index (χ1) is 6.27. The third kappa shape index (κ3) is 1.47. The molecule has 1 heterocycles. The molecular weight excluding hydrogens is 170 g/mol. The Hall–Kier alpha value is -1.58. The van der Waals surface area contributed by atoms with E-state index in [0.717, 1.165) is 5.57 Å². The van der Waals surface area contributed by atoms with Crippen LogP contribution in [0.3, 0.4) is 0 Å². The molecule has 0 aromatic heterocycles. The maximum atomic E-state index is 10.5. The molecule has 0 amide bonds. The van der Waals surface area contributed by atoms with E-state index in [0.29, 0.717) is 0 Å². The molecule has 1 aliphatic heterocycles. The highest BCUT2D eigenvalue weighted by Crippen LogP contribution is 2.27. The van der Waals surface area contributed by atoms with Crippen LogP contribution in [0.4, 0.5) is 0 Å². The van der Waals surface area contributed by atoms with Crippen LogP contribution in [0.2, 0.25) is 0 Å². The van der Waals surface area contributed by atoms with Crippen molar-refractivity contribution in [2.45, 2.75) is 12.5 Å². The number of hydrogen-bond acceptors (Lipinski definition) is 3. The third-order valence-corrected chi connectivity index (χ3v) is 2.15. The fourth-order valence-corrected chi connectivity index (χ4v) is 1.53. The van der Waals surface area contributed by atoms with E-state index in [4.69, 9.17) is 9.94 Å². The smallest absolute Gasteiger partial charge is 0.307 e. The monoisotopic (exact) mass is 179 g/mol. The van der Waals surface area contributed by atoms with Crippen molar-refractivity contribution in [2.24, 2.45) is 11.1 Å². The van der Waals surface area contributed by atoms with Gasteiger partial charge in [-0.2, -0.15) is 0 Å². The van der Waals surface area contributed by atoms with E-state index in [2.05, 4.69) is 5.16 Å². The van der Waals surface area contributed by atoms with Crippen LogP contribution in [0.1, 0.15) is 6.42 Å². The molecule has 0 aromatic carbocycles. The van der Waals surface area contributed by atoms with Gasteiger partial charge in [-0.1, -0.05) is 17.3 Å². The first-order valence-corrected chi connectivity index (χ1v) is 4.06. The van der Waals surface area contributed by atoms with Gasteiger partial charge in [0.05, 0.1) is 18.6 Å². The van der Waals surface area contributed by atoms with Crippen molar-refractivity contribution >= 4 is 12.2 Å². The topological polar surface area (TPSA) is 58.9 Å². The Balaban J connectivity index is 2.17. The zero-order valence-corrected chi connectivity index (χ0v) is 6.88. The number of carboxylic acid groups (broad SMARTS) is 1. The van der Waals surface area contributed by atoms with Crippen LogP contribution < -0.4 is 0 Å². The molecule has 1 aliphatic carbocycles. The molecule has 2 aliphatic rings. The summed E-state index contributed by atoms with van der Waals surface area (Å²) in [7, 11) is 0. The van der Waals surface area contributed by atoms with Crippen LogP contribution in [-0.4, -0.2) is 23.4 Å². The zero-order valence-electron chi connectivity index (χ0n) is 6.88. The number of oxime groups is 1. The zero-order chi connectivity index (χ0) is 9.26. The van der Waals surface area contributed by atoms with Crippen LogP contribution in [0.5, 0.6) is 0 Å². The maximum Gasteiger partial charge on any atom is 0.307 e. The molecule has 0 fully saturated rings. The number of carboxylic acids is 1. The predicted molar refractivity (Wildman–Crippen MR) is 46.3 cm³/mol. The van der Waals surface area contributed by atoms with E-state index in [-0.39, 0.29) is 18.4 Å². The lowest BCUT2D eigenvalue weighted by Gasteiger charge is -2.17. The molecule has 0 saturated carbocycles. The van der Waals surface area contributed by atoms with Crippen molar-refractivity contribution < 1.29 is 14.7 Å². The normalized spacial score (nSPS) is 29.4. The molecule has 0 saturated heterocycles. The summed E-state index contributed by atoms with van der Waals surface area (Å²) < 4.78 is 0. The lowest BCUT2D eigenvalue weighted by molar-refractivity contribution is -0.136. The van der Waals surface area contributed by atoms with E-state index in [1.165, 1.54) is 0 Å². The predicted octanol–water partition coefficient (Wildman–Crippen LogP) is 0.958. The number of nitrogens with zero attached hydrogens (tertiary/aromatic N) is 1. The Bertz CT molecular complexity index is 317. The van der Waals surface area contributed by atoms with Crippen molar-refractivity contribution in [2.75, 3.05) is 0 Å². The molecule has 0 spiro atoms. The molecule has 68 valence electrons. The number of carbonyl (C=O) groups is 1. The Labute approximate surface area is 75.2 Å². The van der Waals surface area contributed by atoms with E-state index < -0.39 is 5.97 Å². The largest absolute Gasteiger partial charge is 0.481 e. The Morgan fingerprint density at radius 1 is 1.69 bits per heavy atom. The van der Waals surface area contributed by atoms with Crippen molar-refractivity contribution in [1.82, 2.24) is 0 Å². The summed E-state index contributed by atoms with van der Waals surface area (Å²) in [5.41, 5.74) is 0.848. The second-order valence-corrected chi connectivity index (χ2v) is 3.05. The van der Waals surface area contributed by atoms with Gasteiger partial charge < -0.3 is 9.94 Å². The van der Waals surface area contributed by atoms with Gasteiger partial charge in [0.15, 0.2) is 6.10 Å². The van der Waals surface area contributed by atoms with Gasteiger partial charge in [-0.3, -0.25) is 4.79 Å². The second kappa shape index (κ2) is 3.05. The molecule has 0 radical (unpaired) electrons. The number of aliphatic carboxylic acids is 1. The van der Waals surface area contributed by atoms with Gasteiger partial charge in [0.25, 0.3) is 0 Å². The molecule has 13 heavy (non-hydrogen) atoms. The van der Waals surface area contributed by atoms with Gasteiger partial charge in [0, 0.05) is 0 Å². The Morgan fingerprint density at radius 3 is 3.31 bits per heavy atom. The van der Waals surface area contributed by atoms with Gasteiger partial charge in [-0.05, 0) is 11.6 Å². The van der Waals surface area contributed by atoms with Gasteiger partial charge in [-0.25, -0.2) is 0 Å². The minimum atomic E-state index is -0.819. The van der Waals surface area contributed by atoms with E-state index in [9.17, 15) is 4.79 Å². The van der Waals surface area contributed by atoms with E-state index in [1.807, 2.05) is 18.2 Å². The maximum absolute atomic E-state index is 10.5. The fourth-order valence-electron chi connectivity index (χ4n) is 1.53. The van der Waals surface area contributed by atoms with Crippen LogP contribution in [0.25, 0.3) is 0 Å². The van der Waals surface area contributed by atoms with E-state index in [1.54, 1.807) is 6.21 Å². The number of rotatable bonds is 2. The molecule has 2 atom stereocenters. The lowest BCUT2D eigenvalue weighted by atomic mass is 9.88. The van der Waals surface area contributed by atoms with Crippen molar-refractivity contribution in [3.05, 3.63) is 23.8 Å². The van der Waals surface area contributed by atoms with Crippen molar-refractivity contribution in [3.63, 3.8) is 0 Å². The number of hydrogen-bond donors (Lipinski definition) is 1. The first-order valence-electron chi connectivity index (χ1n) is 4.06. The molecule has 0 aromatic rings. The molecule has 4 heteroatoms. The molecule has 0 bridgehead atoms.